The molecule has 11 nitrogen and oxygen atoms in total. The van der Waals surface area contributed by atoms with Crippen molar-refractivity contribution >= 4 is 20.0 Å². The average molecular weight is 496 g/mol. The van der Waals surface area contributed by atoms with Crippen LogP contribution < -0.4 is 5.73 Å². The molecule has 1 unspecified atom stereocenters. The monoisotopic (exact) mass is 495 g/mol. The Kier molecular flexibility index (Phi) is 11.7. The summed E-state index contributed by atoms with van der Waals surface area (Å²) in [6, 6.07) is -0.335. The Bertz CT molecular complexity index is 618. The molecule has 0 bridgehead atoms. The quantitative estimate of drug-likeness (QED) is 0.180. The molecule has 1 aliphatic rings. The number of aliphatic hydroxyl groups excluding tert-OH is 4. The number of rotatable bonds is 8. The maximum Gasteiger partial charge on any atom is 0.490 e. The number of hydrogen-bond acceptors (Lipinski definition) is 10. The first kappa shape index (κ1) is 30.7. The molecule has 0 radical (unpaired) electrons. The number of ether oxygens (including phenoxy) is 3. The van der Waals surface area contributed by atoms with Gasteiger partial charge in [0.05, 0.1) is 25.9 Å². The van der Waals surface area contributed by atoms with Crippen molar-refractivity contribution in [3.63, 3.8) is 0 Å². The minimum Gasteiger partial charge on any atom is -0.475 e. The summed E-state index contributed by atoms with van der Waals surface area (Å²) in [5.41, 5.74) is 5.85. The van der Waals surface area contributed by atoms with Crippen molar-refractivity contribution in [2.45, 2.75) is 74.5 Å². The van der Waals surface area contributed by atoms with Gasteiger partial charge in [-0.25, -0.2) is 9.59 Å². The Morgan fingerprint density at radius 3 is 2.16 bits per heavy atom. The van der Waals surface area contributed by atoms with E-state index in [1.807, 2.05) is 0 Å². The number of aliphatic hydroxyl groups is 4. The fourth-order valence-corrected chi connectivity index (χ4v) is 3.28. The summed E-state index contributed by atoms with van der Waals surface area (Å²) >= 11 is 0. The van der Waals surface area contributed by atoms with E-state index in [1.165, 1.54) is 0 Å². The first-order valence-corrected chi connectivity index (χ1v) is 13.2. The minimum atomic E-state index is -5.08. The van der Waals surface area contributed by atoms with E-state index < -0.39 is 69.0 Å². The number of esters is 1. The van der Waals surface area contributed by atoms with Crippen LogP contribution in [0, 0.1) is 0 Å². The second kappa shape index (κ2) is 12.2. The summed E-state index contributed by atoms with van der Waals surface area (Å²) in [5, 5.41) is 46.2. The van der Waals surface area contributed by atoms with Gasteiger partial charge in [0, 0.05) is 21.1 Å². The highest BCUT2D eigenvalue weighted by atomic mass is 28.3. The lowest BCUT2D eigenvalue weighted by Gasteiger charge is -2.45. The molecule has 32 heavy (non-hydrogen) atoms. The van der Waals surface area contributed by atoms with Gasteiger partial charge in [0.1, 0.15) is 18.3 Å². The Hall–Kier alpha value is -1.33. The van der Waals surface area contributed by atoms with Gasteiger partial charge in [0.15, 0.2) is 0 Å². The smallest absolute Gasteiger partial charge is 0.475 e. The van der Waals surface area contributed by atoms with E-state index in [0.717, 1.165) is 13.2 Å². The lowest BCUT2D eigenvalue weighted by Crippen LogP contribution is -2.66. The third kappa shape index (κ3) is 9.26. The van der Waals surface area contributed by atoms with Crippen LogP contribution in [-0.4, -0.2) is 108 Å². The van der Waals surface area contributed by atoms with Gasteiger partial charge in [-0.15, -0.1) is 0 Å². The summed E-state index contributed by atoms with van der Waals surface area (Å²) in [7, 11) is -0.298. The molecule has 0 amide bonds. The second-order valence-electron chi connectivity index (χ2n) is 8.38. The largest absolute Gasteiger partial charge is 0.490 e. The van der Waals surface area contributed by atoms with Crippen LogP contribution in [0.5, 0.6) is 0 Å². The van der Waals surface area contributed by atoms with Gasteiger partial charge >= 0.3 is 18.1 Å². The van der Waals surface area contributed by atoms with Crippen molar-refractivity contribution in [2.24, 2.45) is 5.73 Å². The molecule has 0 spiro atoms. The van der Waals surface area contributed by atoms with E-state index in [0.29, 0.717) is 0 Å². The molecular weight excluding hydrogens is 463 g/mol. The zero-order chi connectivity index (χ0) is 25.5. The molecule has 1 aliphatic heterocycles. The van der Waals surface area contributed by atoms with Gasteiger partial charge in [0.2, 0.25) is 0 Å². The lowest BCUT2D eigenvalue weighted by atomic mass is 9.89. The first-order valence-electron chi connectivity index (χ1n) is 9.52. The van der Waals surface area contributed by atoms with E-state index in [4.69, 9.17) is 35.0 Å². The number of alkyl halides is 3. The molecule has 6 atom stereocenters. The van der Waals surface area contributed by atoms with E-state index in [2.05, 4.69) is 19.6 Å². The van der Waals surface area contributed by atoms with Crippen LogP contribution in [-0.2, 0) is 23.8 Å². The SMILES string of the molecule is COC(=O)C1(OCC[Si](C)(C)C)C[C@H](O)[C@@H](N)[C@H]([C@H](O)[C@H](O)CO)O1.O=C(O)C(F)(F)F. The maximum atomic E-state index is 12.3. The molecule has 7 N–H and O–H groups in total. The Labute approximate surface area is 183 Å². The summed E-state index contributed by atoms with van der Waals surface area (Å²) in [6.07, 6.45) is -11.1. The van der Waals surface area contributed by atoms with E-state index >= 15 is 0 Å². The number of halogens is 3. The molecule has 0 aromatic heterocycles. The standard InChI is InChI=1S/C15H31NO8Si.C2HF3O2/c1-22-14(21)15(23-5-6-25(2,3)4)7-9(18)11(16)13(24-15)12(20)10(19)8-17;3-2(4,5)1(6)7/h9-13,17-20H,5-8,16H2,1-4H3;(H,6,7)/t9-,10+,11+,12+,13+,15?;/m0./s1. The summed E-state index contributed by atoms with van der Waals surface area (Å²) in [5.74, 6) is -5.54. The second-order valence-corrected chi connectivity index (χ2v) is 14.0. The molecule has 0 aliphatic carbocycles. The molecule has 0 aromatic rings. The Balaban J connectivity index is 0.00000118. The number of carboxylic acids is 1. The van der Waals surface area contributed by atoms with Crippen LogP contribution in [0.3, 0.4) is 0 Å². The molecule has 1 saturated heterocycles. The van der Waals surface area contributed by atoms with Crippen molar-refractivity contribution in [1.29, 1.82) is 0 Å². The topological polar surface area (TPSA) is 189 Å². The third-order valence-electron chi connectivity index (χ3n) is 4.47. The predicted octanol–water partition coefficient (Wildman–Crippen LogP) is -0.965. The summed E-state index contributed by atoms with van der Waals surface area (Å²) in [4.78, 5) is 21.2. The van der Waals surface area contributed by atoms with E-state index in [-0.39, 0.29) is 13.0 Å². The summed E-state index contributed by atoms with van der Waals surface area (Å²) in [6.45, 7) is 5.89. The van der Waals surface area contributed by atoms with E-state index in [9.17, 15) is 33.3 Å². The molecule has 1 fully saturated rings. The zero-order valence-electron chi connectivity index (χ0n) is 18.2. The van der Waals surface area contributed by atoms with Crippen molar-refractivity contribution in [2.75, 3.05) is 20.3 Å². The number of hydrogen-bond donors (Lipinski definition) is 6. The van der Waals surface area contributed by atoms with Crippen molar-refractivity contribution in [3.8, 4) is 0 Å². The molecule has 190 valence electrons. The highest BCUT2D eigenvalue weighted by molar-refractivity contribution is 6.76. The number of nitrogens with two attached hydrogens (primary N) is 1. The number of carbonyl (C=O) groups excluding carboxylic acids is 1. The third-order valence-corrected chi connectivity index (χ3v) is 6.18. The van der Waals surface area contributed by atoms with Gasteiger partial charge in [-0.2, -0.15) is 13.2 Å². The highest BCUT2D eigenvalue weighted by Crippen LogP contribution is 2.33. The number of methoxy groups -OCH3 is 1. The fraction of sp³-hybridized carbons (Fsp3) is 0.882. The molecule has 1 rings (SSSR count). The van der Waals surface area contributed by atoms with Crippen LogP contribution in [0.15, 0.2) is 0 Å². The lowest BCUT2D eigenvalue weighted by molar-refractivity contribution is -0.309. The van der Waals surface area contributed by atoms with Crippen LogP contribution in [0.25, 0.3) is 0 Å². The Morgan fingerprint density at radius 1 is 1.28 bits per heavy atom. The van der Waals surface area contributed by atoms with Crippen LogP contribution in [0.2, 0.25) is 25.7 Å². The minimum absolute atomic E-state index is 0.206. The van der Waals surface area contributed by atoms with Gasteiger partial charge in [-0.1, -0.05) is 19.6 Å². The van der Waals surface area contributed by atoms with Gasteiger partial charge in [0.25, 0.3) is 5.79 Å². The van der Waals surface area contributed by atoms with Gasteiger partial charge in [-0.3, -0.25) is 0 Å². The Morgan fingerprint density at radius 2 is 1.78 bits per heavy atom. The zero-order valence-corrected chi connectivity index (χ0v) is 19.2. The number of carboxylic acid groups (broad SMARTS) is 1. The molecule has 1 heterocycles. The number of carbonyl (C=O) groups is 2. The molecule has 0 aromatic carbocycles. The predicted molar refractivity (Wildman–Crippen MR) is 105 cm³/mol. The van der Waals surface area contributed by atoms with Gasteiger partial charge in [-0.05, 0) is 6.04 Å². The molecule has 15 heteroatoms. The van der Waals surface area contributed by atoms with Crippen molar-refractivity contribution in [3.05, 3.63) is 0 Å². The van der Waals surface area contributed by atoms with Crippen LogP contribution in [0.1, 0.15) is 6.42 Å². The maximum absolute atomic E-state index is 12.3. The van der Waals surface area contributed by atoms with Crippen molar-refractivity contribution in [1.82, 2.24) is 0 Å². The average Bonchev–Trinajstić information content (AvgIpc) is 2.67. The first-order chi connectivity index (χ1) is 14.4. The van der Waals surface area contributed by atoms with Gasteiger partial charge < -0.3 is 45.5 Å². The number of aliphatic carboxylic acids is 1. The van der Waals surface area contributed by atoms with Crippen LogP contribution >= 0.6 is 0 Å². The van der Waals surface area contributed by atoms with Crippen LogP contribution in [0.4, 0.5) is 13.2 Å². The van der Waals surface area contributed by atoms with Crippen molar-refractivity contribution < 1.29 is 62.5 Å². The van der Waals surface area contributed by atoms with E-state index in [1.54, 1.807) is 0 Å². The summed E-state index contributed by atoms with van der Waals surface area (Å²) < 4.78 is 47.8. The molecule has 0 saturated carbocycles. The highest BCUT2D eigenvalue weighted by Gasteiger charge is 2.55. The molecular formula is C17H32F3NO10Si. The fourth-order valence-electron chi connectivity index (χ4n) is 2.56. The normalized spacial score (nSPS) is 28.2.